The summed E-state index contributed by atoms with van der Waals surface area (Å²) >= 11 is 0. The lowest BCUT2D eigenvalue weighted by Crippen LogP contribution is -2.06. The maximum Gasteiger partial charge on any atom is 0.130 e. The molecule has 2 aromatic rings. The molecule has 0 fully saturated rings. The number of ether oxygens (including phenoxy) is 1. The van der Waals surface area contributed by atoms with Crippen LogP contribution in [0.1, 0.15) is 90.2 Å². The van der Waals surface area contributed by atoms with E-state index in [1.165, 1.54) is 62.5 Å². The standard InChI is InChI=1S/C28H42O/c1-5-9-15-23(7-3)21-25-17-11-13-19-27(25)29-28-20-14-12-18-26(28)22-24(8-4)16-10-6-2/h11-14,17-20,23-24H,5-10,15-16,21-22H2,1-4H3. The van der Waals surface area contributed by atoms with Crippen molar-refractivity contribution < 1.29 is 4.74 Å². The van der Waals surface area contributed by atoms with Crippen molar-refractivity contribution in [3.8, 4) is 11.5 Å². The second kappa shape index (κ2) is 13.5. The molecule has 1 nitrogen and oxygen atoms in total. The van der Waals surface area contributed by atoms with Crippen molar-refractivity contribution in [1.29, 1.82) is 0 Å². The molecule has 0 aliphatic carbocycles. The lowest BCUT2D eigenvalue weighted by molar-refractivity contribution is 0.418. The smallest absolute Gasteiger partial charge is 0.130 e. The summed E-state index contributed by atoms with van der Waals surface area (Å²) in [6.07, 6.45) is 12.5. The third-order valence-electron chi connectivity index (χ3n) is 6.27. The average Bonchev–Trinajstić information content (AvgIpc) is 2.76. The van der Waals surface area contributed by atoms with Crippen LogP contribution in [0.4, 0.5) is 0 Å². The van der Waals surface area contributed by atoms with Crippen LogP contribution in [0, 0.1) is 11.8 Å². The fourth-order valence-electron chi connectivity index (χ4n) is 4.17. The van der Waals surface area contributed by atoms with Gasteiger partial charge in [-0.05, 0) is 47.9 Å². The van der Waals surface area contributed by atoms with E-state index in [2.05, 4.69) is 76.2 Å². The highest BCUT2D eigenvalue weighted by Crippen LogP contribution is 2.32. The molecule has 160 valence electrons. The zero-order valence-electron chi connectivity index (χ0n) is 19.3. The zero-order chi connectivity index (χ0) is 20.9. The van der Waals surface area contributed by atoms with Gasteiger partial charge in [-0.3, -0.25) is 0 Å². The molecule has 0 aliphatic heterocycles. The topological polar surface area (TPSA) is 9.23 Å². The van der Waals surface area contributed by atoms with Crippen LogP contribution in [-0.4, -0.2) is 0 Å². The SMILES string of the molecule is CCCCC(CC)Cc1ccccc1Oc1ccccc1CC(CC)CCCC. The molecule has 0 saturated carbocycles. The van der Waals surface area contributed by atoms with Gasteiger partial charge in [0, 0.05) is 0 Å². The maximum absolute atomic E-state index is 6.54. The third kappa shape index (κ3) is 7.88. The number of hydrogen-bond donors (Lipinski definition) is 0. The van der Waals surface area contributed by atoms with Crippen molar-refractivity contribution in [2.75, 3.05) is 0 Å². The third-order valence-corrected chi connectivity index (χ3v) is 6.27. The first-order chi connectivity index (χ1) is 14.2. The molecule has 2 atom stereocenters. The van der Waals surface area contributed by atoms with Gasteiger partial charge in [0.1, 0.15) is 11.5 Å². The Labute approximate surface area is 179 Å². The summed E-state index contributed by atoms with van der Waals surface area (Å²) in [4.78, 5) is 0. The molecule has 1 heteroatoms. The van der Waals surface area contributed by atoms with Gasteiger partial charge >= 0.3 is 0 Å². The Bertz CT molecular complexity index is 631. The summed E-state index contributed by atoms with van der Waals surface area (Å²) in [5.41, 5.74) is 2.70. The summed E-state index contributed by atoms with van der Waals surface area (Å²) in [5, 5.41) is 0. The Kier molecular flexibility index (Phi) is 10.9. The molecule has 2 unspecified atom stereocenters. The fourth-order valence-corrected chi connectivity index (χ4v) is 4.17. The largest absolute Gasteiger partial charge is 0.457 e. The van der Waals surface area contributed by atoms with Gasteiger partial charge in [-0.15, -0.1) is 0 Å². The number of rotatable bonds is 14. The lowest BCUT2D eigenvalue weighted by Gasteiger charge is -2.20. The highest BCUT2D eigenvalue weighted by Gasteiger charge is 2.15. The second-order valence-electron chi connectivity index (χ2n) is 8.56. The van der Waals surface area contributed by atoms with Crippen LogP contribution in [0.3, 0.4) is 0 Å². The van der Waals surface area contributed by atoms with Crippen LogP contribution in [0.25, 0.3) is 0 Å². The first-order valence-corrected chi connectivity index (χ1v) is 12.0. The van der Waals surface area contributed by atoms with E-state index in [0.717, 1.165) is 36.2 Å². The van der Waals surface area contributed by atoms with Gasteiger partial charge < -0.3 is 4.74 Å². The Balaban J connectivity index is 2.16. The second-order valence-corrected chi connectivity index (χ2v) is 8.56. The molecule has 2 aromatic carbocycles. The van der Waals surface area contributed by atoms with E-state index in [1.54, 1.807) is 0 Å². The van der Waals surface area contributed by atoms with Crippen LogP contribution in [-0.2, 0) is 12.8 Å². The Hall–Kier alpha value is -1.76. The van der Waals surface area contributed by atoms with E-state index in [-0.39, 0.29) is 0 Å². The van der Waals surface area contributed by atoms with E-state index in [1.807, 2.05) is 0 Å². The molecule has 0 bridgehead atoms. The van der Waals surface area contributed by atoms with Crippen molar-refractivity contribution >= 4 is 0 Å². The van der Waals surface area contributed by atoms with Gasteiger partial charge in [0.2, 0.25) is 0 Å². The van der Waals surface area contributed by atoms with E-state index >= 15 is 0 Å². The molecular formula is C28H42O. The van der Waals surface area contributed by atoms with Crippen LogP contribution in [0.5, 0.6) is 11.5 Å². The molecule has 0 aromatic heterocycles. The van der Waals surface area contributed by atoms with Crippen molar-refractivity contribution in [2.24, 2.45) is 11.8 Å². The van der Waals surface area contributed by atoms with Gasteiger partial charge in [0.05, 0.1) is 0 Å². The summed E-state index contributed by atoms with van der Waals surface area (Å²) in [5.74, 6) is 3.56. The van der Waals surface area contributed by atoms with Gasteiger partial charge in [0.25, 0.3) is 0 Å². The van der Waals surface area contributed by atoms with Crippen LogP contribution >= 0.6 is 0 Å². The lowest BCUT2D eigenvalue weighted by atomic mass is 9.91. The quantitative estimate of drug-likeness (QED) is 0.310. The first kappa shape index (κ1) is 23.5. The van der Waals surface area contributed by atoms with Gasteiger partial charge in [0.15, 0.2) is 0 Å². The molecule has 29 heavy (non-hydrogen) atoms. The minimum atomic E-state index is 0.744. The summed E-state index contributed by atoms with van der Waals surface area (Å²) in [6, 6.07) is 17.3. The molecule has 2 rings (SSSR count). The number of hydrogen-bond acceptors (Lipinski definition) is 1. The zero-order valence-corrected chi connectivity index (χ0v) is 19.3. The first-order valence-electron chi connectivity index (χ1n) is 12.0. The minimum Gasteiger partial charge on any atom is -0.457 e. The Morgan fingerprint density at radius 3 is 1.41 bits per heavy atom. The average molecular weight is 395 g/mol. The molecule has 0 amide bonds. The van der Waals surface area contributed by atoms with Gasteiger partial charge in [-0.1, -0.05) is 115 Å². The van der Waals surface area contributed by atoms with Gasteiger partial charge in [-0.2, -0.15) is 0 Å². The normalized spacial score (nSPS) is 13.2. The summed E-state index contributed by atoms with van der Waals surface area (Å²) in [6.45, 7) is 9.20. The van der Waals surface area contributed by atoms with Crippen LogP contribution in [0.15, 0.2) is 48.5 Å². The number of unbranched alkanes of at least 4 members (excludes halogenated alkanes) is 2. The predicted octanol–water partition coefficient (Wildman–Crippen LogP) is 9.00. The van der Waals surface area contributed by atoms with Crippen LogP contribution in [0.2, 0.25) is 0 Å². The fraction of sp³-hybridized carbons (Fsp3) is 0.571. The Morgan fingerprint density at radius 1 is 0.621 bits per heavy atom. The molecule has 0 N–H and O–H groups in total. The molecule has 0 aliphatic rings. The molecule has 0 spiro atoms. The number of benzene rings is 2. The summed E-state index contributed by atoms with van der Waals surface area (Å²) in [7, 11) is 0. The molecule has 0 heterocycles. The van der Waals surface area contributed by atoms with Gasteiger partial charge in [-0.25, -0.2) is 0 Å². The monoisotopic (exact) mass is 394 g/mol. The van der Waals surface area contributed by atoms with Crippen molar-refractivity contribution in [3.05, 3.63) is 59.7 Å². The Morgan fingerprint density at radius 2 is 1.03 bits per heavy atom. The van der Waals surface area contributed by atoms with Crippen molar-refractivity contribution in [3.63, 3.8) is 0 Å². The maximum atomic E-state index is 6.54. The van der Waals surface area contributed by atoms with E-state index in [9.17, 15) is 0 Å². The number of para-hydroxylation sites is 2. The van der Waals surface area contributed by atoms with E-state index < -0.39 is 0 Å². The minimum absolute atomic E-state index is 0.744. The molecular weight excluding hydrogens is 352 g/mol. The summed E-state index contributed by atoms with van der Waals surface area (Å²) < 4.78 is 6.54. The van der Waals surface area contributed by atoms with Crippen LogP contribution < -0.4 is 4.74 Å². The highest BCUT2D eigenvalue weighted by atomic mass is 16.5. The van der Waals surface area contributed by atoms with E-state index in [0.29, 0.717) is 0 Å². The van der Waals surface area contributed by atoms with Crippen molar-refractivity contribution in [2.45, 2.75) is 91.9 Å². The van der Waals surface area contributed by atoms with Crippen molar-refractivity contribution in [1.82, 2.24) is 0 Å². The van der Waals surface area contributed by atoms with E-state index in [4.69, 9.17) is 4.74 Å². The highest BCUT2D eigenvalue weighted by molar-refractivity contribution is 5.41. The molecule has 0 radical (unpaired) electrons. The molecule has 0 saturated heterocycles. The predicted molar refractivity (Wildman–Crippen MR) is 127 cm³/mol.